The number of rotatable bonds is 12. The van der Waals surface area contributed by atoms with Crippen molar-refractivity contribution in [2.75, 3.05) is 49.2 Å². The maximum absolute atomic E-state index is 13.2. The predicted octanol–water partition coefficient (Wildman–Crippen LogP) is 5.23. The van der Waals surface area contributed by atoms with Crippen LogP contribution in [-0.4, -0.2) is 65.2 Å². The lowest BCUT2D eigenvalue weighted by Gasteiger charge is -2.38. The Balaban J connectivity index is 1.65. The summed E-state index contributed by atoms with van der Waals surface area (Å²) in [6.45, 7) is 0.769. The Kier molecular flexibility index (Phi) is 10.3. The van der Waals surface area contributed by atoms with Crippen molar-refractivity contribution in [2.45, 2.75) is 31.3 Å². The van der Waals surface area contributed by atoms with E-state index in [1.54, 1.807) is 35.5 Å². The standard InChI is InChI=1S/C36H39NO10/c1-41-28-14-22-12-13-37(33(25(22)18-29(28)42-2)23-15-30(43-3)36(46-6)31(16-23)44-4)20-24-17-27(38)34(40)35(47-24)26(19-32(39)45-5)21-10-8-7-9-11-21/h7-11,14-18,26,33,40H,12-13,19-20H2,1-6H3/t26-,33-/m0/s1. The van der Waals surface area contributed by atoms with Crippen LogP contribution in [0, 0.1) is 0 Å². The summed E-state index contributed by atoms with van der Waals surface area (Å²) >= 11 is 0. The summed E-state index contributed by atoms with van der Waals surface area (Å²) in [6.07, 6.45) is 0.536. The van der Waals surface area contributed by atoms with Gasteiger partial charge in [-0.15, -0.1) is 0 Å². The Labute approximate surface area is 273 Å². The van der Waals surface area contributed by atoms with Crippen LogP contribution in [0.15, 0.2) is 69.9 Å². The zero-order valence-corrected chi connectivity index (χ0v) is 27.3. The van der Waals surface area contributed by atoms with E-state index in [2.05, 4.69) is 4.90 Å². The minimum atomic E-state index is -0.749. The summed E-state index contributed by atoms with van der Waals surface area (Å²) in [5.74, 6) is 1.13. The zero-order valence-electron chi connectivity index (χ0n) is 27.3. The molecule has 11 heteroatoms. The number of methoxy groups -OCH3 is 6. The van der Waals surface area contributed by atoms with Gasteiger partial charge in [0.05, 0.1) is 67.6 Å². The molecule has 4 aromatic rings. The summed E-state index contributed by atoms with van der Waals surface area (Å²) in [5.41, 5.74) is 2.93. The van der Waals surface area contributed by atoms with Crippen LogP contribution in [0.2, 0.25) is 0 Å². The van der Waals surface area contributed by atoms with Gasteiger partial charge in [-0.3, -0.25) is 14.5 Å². The second kappa shape index (κ2) is 14.5. The molecule has 0 amide bonds. The fourth-order valence-corrected chi connectivity index (χ4v) is 6.18. The van der Waals surface area contributed by atoms with Crippen LogP contribution in [0.5, 0.6) is 34.5 Å². The highest BCUT2D eigenvalue weighted by atomic mass is 16.5. The summed E-state index contributed by atoms with van der Waals surface area (Å²) in [6, 6.07) is 17.7. The molecule has 2 heterocycles. The average Bonchev–Trinajstić information content (AvgIpc) is 3.10. The Hall–Kier alpha value is -5.16. The molecule has 1 N–H and O–H groups in total. The van der Waals surface area contributed by atoms with E-state index in [4.69, 9.17) is 32.8 Å². The van der Waals surface area contributed by atoms with Gasteiger partial charge in [-0.1, -0.05) is 30.3 Å². The predicted molar refractivity (Wildman–Crippen MR) is 173 cm³/mol. The lowest BCUT2D eigenvalue weighted by atomic mass is 9.87. The van der Waals surface area contributed by atoms with Gasteiger partial charge in [0.2, 0.25) is 16.9 Å². The number of hydrogen-bond acceptors (Lipinski definition) is 11. The third-order valence-electron chi connectivity index (χ3n) is 8.45. The van der Waals surface area contributed by atoms with Crippen molar-refractivity contribution >= 4 is 5.97 Å². The molecule has 0 spiro atoms. The van der Waals surface area contributed by atoms with E-state index in [0.717, 1.165) is 16.7 Å². The van der Waals surface area contributed by atoms with Crippen molar-refractivity contribution in [1.82, 2.24) is 4.90 Å². The van der Waals surface area contributed by atoms with Crippen molar-refractivity contribution in [3.63, 3.8) is 0 Å². The highest BCUT2D eigenvalue weighted by Gasteiger charge is 2.34. The van der Waals surface area contributed by atoms with Crippen LogP contribution in [0.25, 0.3) is 0 Å². The Morgan fingerprint density at radius 1 is 0.872 bits per heavy atom. The fourth-order valence-electron chi connectivity index (χ4n) is 6.18. The van der Waals surface area contributed by atoms with Crippen molar-refractivity contribution in [2.24, 2.45) is 0 Å². The molecule has 0 unspecified atom stereocenters. The maximum Gasteiger partial charge on any atom is 0.306 e. The fraction of sp³-hybridized carbons (Fsp3) is 0.333. The lowest BCUT2D eigenvalue weighted by molar-refractivity contribution is -0.140. The molecule has 0 radical (unpaired) electrons. The van der Waals surface area contributed by atoms with Gasteiger partial charge < -0.3 is 37.9 Å². The number of fused-ring (bicyclic) bond motifs is 1. The van der Waals surface area contributed by atoms with Crippen LogP contribution in [0.4, 0.5) is 0 Å². The van der Waals surface area contributed by atoms with Gasteiger partial charge in [0.1, 0.15) is 5.76 Å². The van der Waals surface area contributed by atoms with Gasteiger partial charge in [-0.25, -0.2) is 0 Å². The molecule has 11 nitrogen and oxygen atoms in total. The summed E-state index contributed by atoms with van der Waals surface area (Å²) in [4.78, 5) is 27.8. The van der Waals surface area contributed by atoms with Crippen LogP contribution < -0.4 is 29.1 Å². The van der Waals surface area contributed by atoms with Gasteiger partial charge in [0, 0.05) is 12.6 Å². The van der Waals surface area contributed by atoms with Crippen molar-refractivity contribution in [3.05, 3.63) is 105 Å². The first-order valence-electron chi connectivity index (χ1n) is 15.0. The highest BCUT2D eigenvalue weighted by Crippen LogP contribution is 2.46. The van der Waals surface area contributed by atoms with E-state index in [1.165, 1.54) is 13.2 Å². The van der Waals surface area contributed by atoms with E-state index < -0.39 is 23.1 Å². The summed E-state index contributed by atoms with van der Waals surface area (Å²) < 4.78 is 39.5. The lowest BCUT2D eigenvalue weighted by Crippen LogP contribution is -2.36. The van der Waals surface area contributed by atoms with E-state index in [9.17, 15) is 14.7 Å². The number of carbonyl (C=O) groups is 1. The molecule has 1 aromatic heterocycles. The Morgan fingerprint density at radius 2 is 1.51 bits per heavy atom. The molecule has 2 atom stereocenters. The highest BCUT2D eigenvalue weighted by molar-refractivity contribution is 5.71. The van der Waals surface area contributed by atoms with Gasteiger partial charge in [-0.05, 0) is 52.9 Å². The second-order valence-corrected chi connectivity index (χ2v) is 11.0. The first-order valence-corrected chi connectivity index (χ1v) is 15.0. The maximum atomic E-state index is 13.2. The summed E-state index contributed by atoms with van der Waals surface area (Å²) in [7, 11) is 9.15. The molecule has 0 saturated heterocycles. The van der Waals surface area contributed by atoms with Gasteiger partial charge in [0.25, 0.3) is 0 Å². The molecular weight excluding hydrogens is 606 g/mol. The van der Waals surface area contributed by atoms with Gasteiger partial charge >= 0.3 is 5.97 Å². The molecule has 1 aliphatic rings. The van der Waals surface area contributed by atoms with E-state index in [0.29, 0.717) is 53.0 Å². The van der Waals surface area contributed by atoms with Crippen LogP contribution in [0.1, 0.15) is 52.2 Å². The Morgan fingerprint density at radius 3 is 2.11 bits per heavy atom. The molecule has 0 bridgehead atoms. The molecular formula is C36H39NO10. The smallest absolute Gasteiger partial charge is 0.306 e. The number of benzene rings is 3. The van der Waals surface area contributed by atoms with E-state index >= 15 is 0 Å². The zero-order chi connectivity index (χ0) is 33.7. The third-order valence-corrected chi connectivity index (χ3v) is 8.45. The minimum absolute atomic E-state index is 0.00255. The molecule has 0 aliphatic carbocycles. The normalized spacial score (nSPS) is 14.9. The average molecular weight is 646 g/mol. The van der Waals surface area contributed by atoms with Crippen molar-refractivity contribution in [3.8, 4) is 34.5 Å². The first-order chi connectivity index (χ1) is 22.8. The molecule has 3 aromatic carbocycles. The topological polar surface area (TPSA) is 126 Å². The largest absolute Gasteiger partial charge is 0.502 e. The number of ether oxygens (including phenoxy) is 6. The quantitative estimate of drug-likeness (QED) is 0.204. The molecule has 47 heavy (non-hydrogen) atoms. The van der Waals surface area contributed by atoms with E-state index in [1.807, 2.05) is 54.6 Å². The van der Waals surface area contributed by atoms with Crippen molar-refractivity contribution in [1.29, 1.82) is 0 Å². The van der Waals surface area contributed by atoms with Gasteiger partial charge in [0.15, 0.2) is 28.8 Å². The molecule has 1 aliphatic heterocycles. The summed E-state index contributed by atoms with van der Waals surface area (Å²) in [5, 5.41) is 10.9. The van der Waals surface area contributed by atoms with Crippen LogP contribution >= 0.6 is 0 Å². The third kappa shape index (κ3) is 6.71. The van der Waals surface area contributed by atoms with Crippen LogP contribution in [0.3, 0.4) is 0 Å². The van der Waals surface area contributed by atoms with Crippen molar-refractivity contribution < 1.29 is 42.7 Å². The molecule has 0 fully saturated rings. The number of carbonyl (C=O) groups excluding carboxylic acids is 1. The SMILES string of the molecule is COC(=O)C[C@@H](c1ccccc1)c1oc(CN2CCc3cc(OC)c(OC)cc3[C@@H]2c2cc(OC)c(OC)c(OC)c2)cc(=O)c1O. The Bertz CT molecular complexity index is 1760. The molecule has 5 rings (SSSR count). The number of esters is 1. The van der Waals surface area contributed by atoms with Crippen LogP contribution in [-0.2, 0) is 22.5 Å². The van der Waals surface area contributed by atoms with E-state index in [-0.39, 0.29) is 24.8 Å². The first kappa shape index (κ1) is 33.2. The number of hydrogen-bond donors (Lipinski definition) is 1. The molecule has 0 saturated carbocycles. The second-order valence-electron chi connectivity index (χ2n) is 11.0. The molecule has 248 valence electrons. The monoisotopic (exact) mass is 645 g/mol. The van der Waals surface area contributed by atoms with Gasteiger partial charge in [-0.2, -0.15) is 0 Å². The minimum Gasteiger partial charge on any atom is -0.502 e. The number of nitrogens with zero attached hydrogens (tertiary/aromatic N) is 1. The number of aromatic hydroxyl groups is 1.